The van der Waals surface area contributed by atoms with Crippen molar-refractivity contribution in [1.29, 1.82) is 0 Å². The van der Waals surface area contributed by atoms with E-state index in [9.17, 15) is 4.79 Å². The number of thiophene rings is 1. The topological polar surface area (TPSA) is 71.8 Å². The zero-order valence-electron chi connectivity index (χ0n) is 13.4. The quantitative estimate of drug-likeness (QED) is 0.758. The molecule has 0 atom stereocenters. The molecule has 2 aromatic rings. The van der Waals surface area contributed by atoms with Gasteiger partial charge in [-0.3, -0.25) is 10.1 Å². The van der Waals surface area contributed by atoms with E-state index in [4.69, 9.17) is 0 Å². The molecule has 0 aliphatic carbocycles. The van der Waals surface area contributed by atoms with Crippen molar-refractivity contribution in [1.82, 2.24) is 20.1 Å². The van der Waals surface area contributed by atoms with Crippen LogP contribution in [0.1, 0.15) is 35.9 Å². The van der Waals surface area contributed by atoms with Crippen LogP contribution < -0.4 is 10.6 Å². The fraction of sp³-hybridized carbons (Fsp3) is 0.533. The second-order valence-electron chi connectivity index (χ2n) is 5.72. The van der Waals surface area contributed by atoms with E-state index in [0.717, 1.165) is 42.6 Å². The summed E-state index contributed by atoms with van der Waals surface area (Å²) in [5.41, 5.74) is 0. The first-order valence-corrected chi connectivity index (χ1v) is 9.43. The summed E-state index contributed by atoms with van der Waals surface area (Å²) in [6, 6.07) is 2.05. The Morgan fingerprint density at radius 3 is 2.92 bits per heavy atom. The molecular weight excluding hydrogens is 414 g/mol. The molecule has 1 amide bonds. The van der Waals surface area contributed by atoms with Gasteiger partial charge in [-0.2, -0.15) is 10.1 Å². The number of anilines is 1. The highest BCUT2D eigenvalue weighted by molar-refractivity contribution is 9.10. The molecule has 1 aliphatic heterocycles. The highest BCUT2D eigenvalue weighted by atomic mass is 79.9. The summed E-state index contributed by atoms with van der Waals surface area (Å²) < 4.78 is 2.73. The molecule has 1 saturated heterocycles. The molecule has 6 nitrogen and oxygen atoms in total. The van der Waals surface area contributed by atoms with Crippen LogP contribution in [-0.2, 0) is 18.3 Å². The van der Waals surface area contributed by atoms with Gasteiger partial charge in [0.1, 0.15) is 0 Å². The third-order valence-corrected chi connectivity index (χ3v) is 5.71. The van der Waals surface area contributed by atoms with Crippen LogP contribution in [-0.4, -0.2) is 33.8 Å². The van der Waals surface area contributed by atoms with Gasteiger partial charge >= 0.3 is 0 Å². The van der Waals surface area contributed by atoms with Gasteiger partial charge in [-0.05, 0) is 54.3 Å². The van der Waals surface area contributed by atoms with E-state index in [2.05, 4.69) is 42.7 Å². The Kier molecular flexibility index (Phi) is 7.21. The summed E-state index contributed by atoms with van der Waals surface area (Å²) in [7, 11) is 1.82. The van der Waals surface area contributed by atoms with Crippen molar-refractivity contribution in [3.63, 3.8) is 0 Å². The van der Waals surface area contributed by atoms with Crippen molar-refractivity contribution < 1.29 is 4.79 Å². The second kappa shape index (κ2) is 8.94. The number of carbonyl (C=O) groups excluding carboxylic acids is 1. The maximum Gasteiger partial charge on any atom is 0.227 e. The smallest absolute Gasteiger partial charge is 0.227 e. The normalized spacial score (nSPS) is 15.1. The van der Waals surface area contributed by atoms with Crippen molar-refractivity contribution in [3.8, 4) is 0 Å². The van der Waals surface area contributed by atoms with Crippen molar-refractivity contribution in [2.24, 2.45) is 7.05 Å². The Hall–Kier alpha value is -0.960. The van der Waals surface area contributed by atoms with Crippen LogP contribution in [0.4, 0.5) is 5.95 Å². The fourth-order valence-electron chi connectivity index (χ4n) is 2.68. The van der Waals surface area contributed by atoms with Gasteiger partial charge in [-0.25, -0.2) is 4.68 Å². The van der Waals surface area contributed by atoms with Crippen LogP contribution in [0.2, 0.25) is 0 Å². The number of piperidine rings is 1. The number of aryl methyl sites for hydroxylation is 2. The van der Waals surface area contributed by atoms with Gasteiger partial charge in [0.05, 0.1) is 0 Å². The number of nitrogens with one attached hydrogen (secondary N) is 2. The lowest BCUT2D eigenvalue weighted by Crippen LogP contribution is -2.27. The van der Waals surface area contributed by atoms with E-state index in [0.29, 0.717) is 18.3 Å². The summed E-state index contributed by atoms with van der Waals surface area (Å²) in [6.45, 7) is 2.00. The van der Waals surface area contributed by atoms with Gasteiger partial charge in [0.2, 0.25) is 11.9 Å². The van der Waals surface area contributed by atoms with Crippen LogP contribution in [0.15, 0.2) is 15.9 Å². The SMILES string of the molecule is Cl.Cn1nc(C2CCNCC2)nc1NC(=O)CCc1cc(Br)cs1. The van der Waals surface area contributed by atoms with E-state index in [1.807, 2.05) is 12.4 Å². The molecule has 0 radical (unpaired) electrons. The Morgan fingerprint density at radius 1 is 1.50 bits per heavy atom. The zero-order chi connectivity index (χ0) is 16.2. The average Bonchev–Trinajstić information content (AvgIpc) is 3.13. The Morgan fingerprint density at radius 2 is 2.25 bits per heavy atom. The van der Waals surface area contributed by atoms with E-state index in [1.54, 1.807) is 16.0 Å². The number of carbonyl (C=O) groups is 1. The summed E-state index contributed by atoms with van der Waals surface area (Å²) >= 11 is 5.08. The predicted octanol–water partition coefficient (Wildman–Crippen LogP) is 3.10. The number of hydrogen-bond donors (Lipinski definition) is 2. The summed E-state index contributed by atoms with van der Waals surface area (Å²) in [5, 5.41) is 12.7. The van der Waals surface area contributed by atoms with Crippen LogP contribution >= 0.6 is 39.7 Å². The minimum atomic E-state index is -0.0260. The Balaban J connectivity index is 0.00000208. The minimum Gasteiger partial charge on any atom is -0.317 e. The molecule has 0 spiro atoms. The average molecular weight is 435 g/mol. The van der Waals surface area contributed by atoms with E-state index < -0.39 is 0 Å². The molecule has 3 rings (SSSR count). The molecular formula is C15H21BrClN5OS. The van der Waals surface area contributed by atoms with Gasteiger partial charge in [0.25, 0.3) is 0 Å². The second-order valence-corrected chi connectivity index (χ2v) is 7.63. The summed E-state index contributed by atoms with van der Waals surface area (Å²) in [4.78, 5) is 17.8. The van der Waals surface area contributed by atoms with Gasteiger partial charge < -0.3 is 5.32 Å². The van der Waals surface area contributed by atoms with Crippen LogP contribution in [0, 0.1) is 0 Å². The molecule has 0 bridgehead atoms. The van der Waals surface area contributed by atoms with Gasteiger partial charge in [0, 0.05) is 34.1 Å². The maximum atomic E-state index is 12.1. The monoisotopic (exact) mass is 433 g/mol. The van der Waals surface area contributed by atoms with Crippen LogP contribution in [0.3, 0.4) is 0 Å². The number of halogens is 2. The Bertz CT molecular complexity index is 683. The lowest BCUT2D eigenvalue weighted by molar-refractivity contribution is -0.116. The van der Waals surface area contributed by atoms with Gasteiger partial charge in [-0.15, -0.1) is 23.7 Å². The molecule has 2 N–H and O–H groups in total. The molecule has 1 fully saturated rings. The number of rotatable bonds is 5. The third kappa shape index (κ3) is 5.02. The first-order chi connectivity index (χ1) is 11.1. The fourth-order valence-corrected chi connectivity index (χ4v) is 4.13. The molecule has 132 valence electrons. The van der Waals surface area contributed by atoms with Crippen LogP contribution in [0.25, 0.3) is 0 Å². The van der Waals surface area contributed by atoms with Crippen molar-refractivity contribution >= 4 is 51.5 Å². The third-order valence-electron chi connectivity index (χ3n) is 3.96. The minimum absolute atomic E-state index is 0. The molecule has 1 aliphatic rings. The van der Waals surface area contributed by atoms with E-state index >= 15 is 0 Å². The largest absolute Gasteiger partial charge is 0.317 e. The van der Waals surface area contributed by atoms with Crippen LogP contribution in [0.5, 0.6) is 0 Å². The lowest BCUT2D eigenvalue weighted by Gasteiger charge is -2.19. The molecule has 0 unspecified atom stereocenters. The number of nitrogens with zero attached hydrogens (tertiary/aromatic N) is 3. The summed E-state index contributed by atoms with van der Waals surface area (Å²) in [6.07, 6.45) is 3.28. The first-order valence-electron chi connectivity index (χ1n) is 7.76. The molecule has 9 heteroatoms. The number of amides is 1. The molecule has 3 heterocycles. The standard InChI is InChI=1S/C15H20BrN5OS.ClH/c1-21-15(19-14(20-21)10-4-6-17-7-5-10)18-13(22)3-2-12-8-11(16)9-23-12;/h8-10,17H,2-7H2,1H3,(H,18,19,20,22);1H. The van der Waals surface area contributed by atoms with Crippen molar-refractivity contribution in [2.75, 3.05) is 18.4 Å². The first kappa shape index (κ1) is 19.4. The maximum absolute atomic E-state index is 12.1. The molecule has 24 heavy (non-hydrogen) atoms. The van der Waals surface area contributed by atoms with E-state index in [-0.39, 0.29) is 18.3 Å². The number of hydrogen-bond acceptors (Lipinski definition) is 5. The van der Waals surface area contributed by atoms with Gasteiger partial charge in [0.15, 0.2) is 5.82 Å². The number of aromatic nitrogens is 3. The highest BCUT2D eigenvalue weighted by Gasteiger charge is 2.21. The lowest BCUT2D eigenvalue weighted by atomic mass is 9.98. The van der Waals surface area contributed by atoms with Gasteiger partial charge in [-0.1, -0.05) is 0 Å². The van der Waals surface area contributed by atoms with E-state index in [1.165, 1.54) is 4.88 Å². The van der Waals surface area contributed by atoms with Crippen molar-refractivity contribution in [2.45, 2.75) is 31.6 Å². The molecule has 0 aromatic carbocycles. The molecule has 2 aromatic heterocycles. The highest BCUT2D eigenvalue weighted by Crippen LogP contribution is 2.24. The van der Waals surface area contributed by atoms with Crippen molar-refractivity contribution in [3.05, 3.63) is 26.6 Å². The predicted molar refractivity (Wildman–Crippen MR) is 102 cm³/mol. The summed E-state index contributed by atoms with van der Waals surface area (Å²) in [5.74, 6) is 1.74. The molecule has 0 saturated carbocycles. The zero-order valence-corrected chi connectivity index (χ0v) is 16.6. The Labute approximate surface area is 160 Å².